The molecule has 0 unspecified atom stereocenters. The third-order valence-corrected chi connectivity index (χ3v) is 3.55. The second-order valence-electron chi connectivity index (χ2n) is 5.15. The van der Waals surface area contributed by atoms with Crippen LogP contribution >= 0.6 is 0 Å². The van der Waals surface area contributed by atoms with E-state index in [2.05, 4.69) is 27.1 Å². The van der Waals surface area contributed by atoms with E-state index >= 15 is 0 Å². The van der Waals surface area contributed by atoms with E-state index in [1.165, 1.54) is 5.56 Å². The van der Waals surface area contributed by atoms with E-state index in [1.54, 1.807) is 0 Å². The Balaban J connectivity index is 1.68. The summed E-state index contributed by atoms with van der Waals surface area (Å²) in [5, 5.41) is 8.49. The predicted octanol–water partition coefficient (Wildman–Crippen LogP) is 2.68. The van der Waals surface area contributed by atoms with Crippen LogP contribution in [-0.2, 0) is 13.1 Å². The molecule has 0 amide bonds. The monoisotopic (exact) mass is 293 g/mol. The van der Waals surface area contributed by atoms with Gasteiger partial charge in [0.2, 0.25) is 0 Å². The summed E-state index contributed by atoms with van der Waals surface area (Å²) >= 11 is 0. The number of pyridine rings is 1. The summed E-state index contributed by atoms with van der Waals surface area (Å²) in [5.41, 5.74) is 3.26. The fraction of sp³-hybridized carbons (Fsp3) is 0.235. The van der Waals surface area contributed by atoms with Gasteiger partial charge in [0.15, 0.2) is 0 Å². The van der Waals surface area contributed by atoms with Gasteiger partial charge in [-0.3, -0.25) is 9.88 Å². The molecule has 0 fully saturated rings. The van der Waals surface area contributed by atoms with Gasteiger partial charge < -0.3 is 0 Å². The number of hydrogen-bond acceptors (Lipinski definition) is 4. The molecule has 0 saturated carbocycles. The Morgan fingerprint density at radius 1 is 1.00 bits per heavy atom. The molecule has 112 valence electrons. The number of aromatic nitrogens is 4. The Hall–Kier alpha value is -2.53. The molecule has 0 radical (unpaired) electrons. The maximum Gasteiger partial charge on any atom is 0.0971 e. The Morgan fingerprint density at radius 3 is 2.50 bits per heavy atom. The van der Waals surface area contributed by atoms with Crippen LogP contribution in [0.25, 0.3) is 5.69 Å². The van der Waals surface area contributed by atoms with Gasteiger partial charge in [-0.1, -0.05) is 30.3 Å². The van der Waals surface area contributed by atoms with Crippen molar-refractivity contribution in [1.82, 2.24) is 24.9 Å². The molecule has 22 heavy (non-hydrogen) atoms. The summed E-state index contributed by atoms with van der Waals surface area (Å²) < 4.78 is 1.82. The maximum atomic E-state index is 4.28. The number of rotatable bonds is 6. The molecular weight excluding hydrogens is 274 g/mol. The fourth-order valence-electron chi connectivity index (χ4n) is 2.33. The molecule has 5 heteroatoms. The lowest BCUT2D eigenvalue weighted by molar-refractivity contribution is 0.268. The number of para-hydroxylation sites is 1. The van der Waals surface area contributed by atoms with Crippen LogP contribution in [0.1, 0.15) is 18.2 Å². The average molecular weight is 293 g/mol. The number of benzene rings is 1. The van der Waals surface area contributed by atoms with E-state index in [0.29, 0.717) is 0 Å². The molecule has 1 aromatic carbocycles. The standard InChI is InChI=1S/C17H19N5/c1-2-21(12-15-8-10-18-11-9-15)13-16-14-22(20-19-16)17-6-4-3-5-7-17/h3-11,14H,2,12-13H2,1H3. The molecule has 0 bridgehead atoms. The zero-order valence-corrected chi connectivity index (χ0v) is 12.6. The lowest BCUT2D eigenvalue weighted by atomic mass is 10.2. The molecule has 5 nitrogen and oxygen atoms in total. The van der Waals surface area contributed by atoms with Crippen LogP contribution in [0, 0.1) is 0 Å². The van der Waals surface area contributed by atoms with Crippen LogP contribution in [0.2, 0.25) is 0 Å². The summed E-state index contributed by atoms with van der Waals surface area (Å²) in [5.74, 6) is 0. The topological polar surface area (TPSA) is 46.8 Å². The summed E-state index contributed by atoms with van der Waals surface area (Å²) in [4.78, 5) is 6.38. The lowest BCUT2D eigenvalue weighted by Crippen LogP contribution is -2.22. The van der Waals surface area contributed by atoms with E-state index in [9.17, 15) is 0 Å². The quantitative estimate of drug-likeness (QED) is 0.701. The SMILES string of the molecule is CCN(Cc1ccncc1)Cc1cn(-c2ccccc2)nn1. The largest absolute Gasteiger partial charge is 0.293 e. The van der Waals surface area contributed by atoms with Gasteiger partial charge in [-0.25, -0.2) is 4.68 Å². The van der Waals surface area contributed by atoms with Crippen molar-refractivity contribution in [2.75, 3.05) is 6.54 Å². The fourth-order valence-corrected chi connectivity index (χ4v) is 2.33. The minimum atomic E-state index is 0.783. The minimum Gasteiger partial charge on any atom is -0.293 e. The molecule has 3 aromatic rings. The highest BCUT2D eigenvalue weighted by Gasteiger charge is 2.08. The highest BCUT2D eigenvalue weighted by Crippen LogP contribution is 2.10. The molecular formula is C17H19N5. The Kier molecular flexibility index (Phi) is 4.56. The molecule has 2 heterocycles. The lowest BCUT2D eigenvalue weighted by Gasteiger charge is -2.18. The van der Waals surface area contributed by atoms with Crippen molar-refractivity contribution >= 4 is 0 Å². The molecule has 0 saturated heterocycles. The summed E-state index contributed by atoms with van der Waals surface area (Å²) in [6, 6.07) is 14.1. The summed E-state index contributed by atoms with van der Waals surface area (Å²) in [6.45, 7) is 4.78. The molecule has 0 aliphatic rings. The maximum absolute atomic E-state index is 4.28. The third-order valence-electron chi connectivity index (χ3n) is 3.55. The van der Waals surface area contributed by atoms with Crippen LogP contribution in [-0.4, -0.2) is 31.4 Å². The van der Waals surface area contributed by atoms with Crippen LogP contribution in [0.3, 0.4) is 0 Å². The van der Waals surface area contributed by atoms with Crippen LogP contribution in [0.15, 0.2) is 61.1 Å². The third kappa shape index (κ3) is 3.56. The van der Waals surface area contributed by atoms with Gasteiger partial charge in [-0.15, -0.1) is 5.10 Å². The zero-order chi connectivity index (χ0) is 15.2. The van der Waals surface area contributed by atoms with Gasteiger partial charge in [0.1, 0.15) is 0 Å². The first-order valence-corrected chi connectivity index (χ1v) is 7.43. The van der Waals surface area contributed by atoms with E-state index in [-0.39, 0.29) is 0 Å². The van der Waals surface area contributed by atoms with Crippen molar-refractivity contribution in [1.29, 1.82) is 0 Å². The smallest absolute Gasteiger partial charge is 0.0971 e. The molecule has 0 aliphatic heterocycles. The van der Waals surface area contributed by atoms with Gasteiger partial charge in [0.25, 0.3) is 0 Å². The van der Waals surface area contributed by atoms with Crippen molar-refractivity contribution < 1.29 is 0 Å². The van der Waals surface area contributed by atoms with Gasteiger partial charge in [-0.2, -0.15) is 0 Å². The normalized spacial score (nSPS) is 11.0. The van der Waals surface area contributed by atoms with Crippen LogP contribution < -0.4 is 0 Å². The molecule has 0 aliphatic carbocycles. The van der Waals surface area contributed by atoms with Crippen molar-refractivity contribution in [3.8, 4) is 5.69 Å². The average Bonchev–Trinajstić information content (AvgIpc) is 3.04. The second kappa shape index (κ2) is 6.95. The molecule has 0 N–H and O–H groups in total. The number of nitrogens with zero attached hydrogens (tertiary/aromatic N) is 5. The molecule has 3 rings (SSSR count). The highest BCUT2D eigenvalue weighted by atomic mass is 15.4. The summed E-state index contributed by atoms with van der Waals surface area (Å²) in [7, 11) is 0. The minimum absolute atomic E-state index is 0.783. The van der Waals surface area contributed by atoms with Crippen molar-refractivity contribution in [3.63, 3.8) is 0 Å². The van der Waals surface area contributed by atoms with Gasteiger partial charge in [0.05, 0.1) is 17.6 Å². The molecule has 0 spiro atoms. The van der Waals surface area contributed by atoms with Crippen LogP contribution in [0.5, 0.6) is 0 Å². The van der Waals surface area contributed by atoms with Crippen LogP contribution in [0.4, 0.5) is 0 Å². The Morgan fingerprint density at radius 2 is 1.77 bits per heavy atom. The first-order valence-electron chi connectivity index (χ1n) is 7.43. The van der Waals surface area contributed by atoms with Gasteiger partial charge >= 0.3 is 0 Å². The number of hydrogen-bond donors (Lipinski definition) is 0. The van der Waals surface area contributed by atoms with Crippen molar-refractivity contribution in [2.24, 2.45) is 0 Å². The van der Waals surface area contributed by atoms with E-state index in [4.69, 9.17) is 0 Å². The van der Waals surface area contributed by atoms with Crippen molar-refractivity contribution in [2.45, 2.75) is 20.0 Å². The first-order chi connectivity index (χ1) is 10.8. The molecule has 0 atom stereocenters. The van der Waals surface area contributed by atoms with Crippen molar-refractivity contribution in [3.05, 3.63) is 72.3 Å². The second-order valence-corrected chi connectivity index (χ2v) is 5.15. The van der Waals surface area contributed by atoms with Gasteiger partial charge in [-0.05, 0) is 36.4 Å². The van der Waals surface area contributed by atoms with E-state index in [0.717, 1.165) is 31.0 Å². The zero-order valence-electron chi connectivity index (χ0n) is 12.6. The van der Waals surface area contributed by atoms with E-state index in [1.807, 2.05) is 65.7 Å². The van der Waals surface area contributed by atoms with Gasteiger partial charge in [0, 0.05) is 25.5 Å². The predicted molar refractivity (Wildman–Crippen MR) is 85.4 cm³/mol. The highest BCUT2D eigenvalue weighted by molar-refractivity contribution is 5.29. The Labute approximate surface area is 130 Å². The Bertz CT molecular complexity index is 693. The van der Waals surface area contributed by atoms with E-state index < -0.39 is 0 Å². The molecule has 2 aromatic heterocycles. The summed E-state index contributed by atoms with van der Waals surface area (Å²) in [6.07, 6.45) is 5.65. The first kappa shape index (κ1) is 14.4.